The summed E-state index contributed by atoms with van der Waals surface area (Å²) in [5.41, 5.74) is -0.227. The highest BCUT2D eigenvalue weighted by atomic mass is 16.5. The number of carbonyl (C=O) groups is 1. The molecule has 60 valence electrons. The Morgan fingerprint density at radius 2 is 2.18 bits per heavy atom. The van der Waals surface area contributed by atoms with E-state index in [4.69, 9.17) is 4.74 Å². The third-order valence-electron chi connectivity index (χ3n) is 2.25. The van der Waals surface area contributed by atoms with Crippen LogP contribution < -0.4 is 0 Å². The van der Waals surface area contributed by atoms with E-state index in [1.165, 1.54) is 0 Å². The molecule has 2 aliphatic rings. The molecule has 1 aliphatic heterocycles. The van der Waals surface area contributed by atoms with E-state index in [1.807, 2.05) is 6.08 Å². The minimum atomic E-state index is -0.208. The number of carbonyl (C=O) groups excluding carboxylic acids is 1. The van der Waals surface area contributed by atoms with Crippen molar-refractivity contribution in [2.45, 2.75) is 37.9 Å². The fourth-order valence-electron chi connectivity index (χ4n) is 2.11. The van der Waals surface area contributed by atoms with Gasteiger partial charge in [0.25, 0.3) is 0 Å². The van der Waals surface area contributed by atoms with E-state index in [0.717, 1.165) is 6.42 Å². The summed E-state index contributed by atoms with van der Waals surface area (Å²) < 4.78 is 5.64. The first kappa shape index (κ1) is 7.04. The van der Waals surface area contributed by atoms with Gasteiger partial charge in [-0.15, -0.1) is 0 Å². The van der Waals surface area contributed by atoms with Gasteiger partial charge in [-0.2, -0.15) is 0 Å². The molecular weight excluding hydrogens is 140 g/mol. The molecule has 0 amide bonds. The first-order valence-electron chi connectivity index (χ1n) is 3.94. The second-order valence-electron chi connectivity index (χ2n) is 4.08. The summed E-state index contributed by atoms with van der Waals surface area (Å²) in [5, 5.41) is 0. The van der Waals surface area contributed by atoms with Gasteiger partial charge in [0.1, 0.15) is 0 Å². The first-order chi connectivity index (χ1) is 5.02. The second-order valence-corrected chi connectivity index (χ2v) is 4.08. The van der Waals surface area contributed by atoms with E-state index < -0.39 is 0 Å². The zero-order valence-corrected chi connectivity index (χ0v) is 6.89. The number of allylic oxidation sites excluding steroid dienone is 1. The SMILES string of the molecule is CC1(C)CC2(C=CC(=O)C2)O1. The normalized spacial score (nSPS) is 39.6. The molecule has 1 fully saturated rings. The van der Waals surface area contributed by atoms with Gasteiger partial charge in [0.2, 0.25) is 0 Å². The Kier molecular flexibility index (Phi) is 1.12. The second kappa shape index (κ2) is 1.75. The quantitative estimate of drug-likeness (QED) is 0.525. The van der Waals surface area contributed by atoms with Crippen LogP contribution in [0.2, 0.25) is 0 Å². The highest BCUT2D eigenvalue weighted by Crippen LogP contribution is 2.46. The number of hydrogen-bond donors (Lipinski definition) is 0. The van der Waals surface area contributed by atoms with Crippen LogP contribution in [-0.2, 0) is 9.53 Å². The Bertz CT molecular complexity index is 230. The smallest absolute Gasteiger partial charge is 0.158 e. The molecule has 1 heterocycles. The molecule has 2 rings (SSSR count). The van der Waals surface area contributed by atoms with Crippen LogP contribution in [0.5, 0.6) is 0 Å². The lowest BCUT2D eigenvalue weighted by molar-refractivity contribution is -0.228. The van der Waals surface area contributed by atoms with Gasteiger partial charge >= 0.3 is 0 Å². The summed E-state index contributed by atoms with van der Waals surface area (Å²) in [7, 11) is 0. The van der Waals surface area contributed by atoms with Gasteiger partial charge in [-0.25, -0.2) is 0 Å². The van der Waals surface area contributed by atoms with Crippen LogP contribution in [0.4, 0.5) is 0 Å². The molecule has 1 atom stereocenters. The number of ketones is 1. The molecule has 0 bridgehead atoms. The zero-order chi connectivity index (χ0) is 8.11. The Morgan fingerprint density at radius 3 is 2.55 bits per heavy atom. The first-order valence-corrected chi connectivity index (χ1v) is 3.94. The summed E-state index contributed by atoms with van der Waals surface area (Å²) in [6.45, 7) is 4.10. The van der Waals surface area contributed by atoms with Crippen molar-refractivity contribution in [3.8, 4) is 0 Å². The number of rotatable bonds is 0. The maximum atomic E-state index is 10.9. The maximum Gasteiger partial charge on any atom is 0.158 e. The van der Waals surface area contributed by atoms with Crippen LogP contribution in [0, 0.1) is 0 Å². The predicted octanol–water partition coefficient (Wildman–Crippen LogP) is 1.45. The lowest BCUT2D eigenvalue weighted by atomic mass is 9.81. The lowest BCUT2D eigenvalue weighted by Crippen LogP contribution is -2.54. The molecule has 0 N–H and O–H groups in total. The van der Waals surface area contributed by atoms with Crippen LogP contribution in [0.15, 0.2) is 12.2 Å². The highest BCUT2D eigenvalue weighted by Gasteiger charge is 2.51. The Balaban J connectivity index is 2.09. The summed E-state index contributed by atoms with van der Waals surface area (Å²) in [6.07, 6.45) is 5.06. The molecule has 0 aromatic heterocycles. The van der Waals surface area contributed by atoms with Crippen LogP contribution >= 0.6 is 0 Å². The van der Waals surface area contributed by atoms with Gasteiger partial charge in [-0.3, -0.25) is 4.79 Å². The van der Waals surface area contributed by atoms with E-state index >= 15 is 0 Å². The molecule has 1 unspecified atom stereocenters. The van der Waals surface area contributed by atoms with Gasteiger partial charge in [0.15, 0.2) is 5.78 Å². The molecule has 0 aromatic carbocycles. The molecule has 0 saturated carbocycles. The summed E-state index contributed by atoms with van der Waals surface area (Å²) in [6, 6.07) is 0. The standard InChI is InChI=1S/C9H12O2/c1-8(2)6-9(11-8)4-3-7(10)5-9/h3-4H,5-6H2,1-2H3. The molecular formula is C9H12O2. The van der Waals surface area contributed by atoms with Crippen molar-refractivity contribution in [1.82, 2.24) is 0 Å². The van der Waals surface area contributed by atoms with Crippen LogP contribution in [0.3, 0.4) is 0 Å². The maximum absolute atomic E-state index is 10.9. The predicted molar refractivity (Wildman–Crippen MR) is 41.3 cm³/mol. The summed E-state index contributed by atoms with van der Waals surface area (Å²) >= 11 is 0. The van der Waals surface area contributed by atoms with Crippen LogP contribution in [-0.4, -0.2) is 17.0 Å². The van der Waals surface area contributed by atoms with Crippen molar-refractivity contribution in [1.29, 1.82) is 0 Å². The van der Waals surface area contributed by atoms with Crippen molar-refractivity contribution >= 4 is 5.78 Å². The molecule has 2 nitrogen and oxygen atoms in total. The molecule has 1 spiro atoms. The van der Waals surface area contributed by atoms with E-state index in [1.54, 1.807) is 6.08 Å². The largest absolute Gasteiger partial charge is 0.364 e. The van der Waals surface area contributed by atoms with E-state index in [9.17, 15) is 4.79 Å². The molecule has 11 heavy (non-hydrogen) atoms. The summed E-state index contributed by atoms with van der Waals surface area (Å²) in [5.74, 6) is 0.195. The lowest BCUT2D eigenvalue weighted by Gasteiger charge is -2.50. The van der Waals surface area contributed by atoms with Gasteiger partial charge in [-0.1, -0.05) is 0 Å². The highest BCUT2D eigenvalue weighted by molar-refractivity contribution is 5.93. The van der Waals surface area contributed by atoms with Crippen molar-refractivity contribution < 1.29 is 9.53 Å². The monoisotopic (exact) mass is 152 g/mol. The topological polar surface area (TPSA) is 26.3 Å². The molecule has 2 heteroatoms. The summed E-state index contributed by atoms with van der Waals surface area (Å²) in [4.78, 5) is 10.9. The van der Waals surface area contributed by atoms with Crippen molar-refractivity contribution in [3.05, 3.63) is 12.2 Å². The Hall–Kier alpha value is -0.630. The van der Waals surface area contributed by atoms with Crippen LogP contribution in [0.1, 0.15) is 26.7 Å². The third-order valence-corrected chi connectivity index (χ3v) is 2.25. The van der Waals surface area contributed by atoms with Gasteiger partial charge in [-0.05, 0) is 26.0 Å². The fourth-order valence-corrected chi connectivity index (χ4v) is 2.11. The number of hydrogen-bond acceptors (Lipinski definition) is 2. The Labute approximate surface area is 66.2 Å². The van der Waals surface area contributed by atoms with E-state index in [-0.39, 0.29) is 17.0 Å². The number of ether oxygens (including phenoxy) is 1. The fraction of sp³-hybridized carbons (Fsp3) is 0.667. The molecule has 0 aromatic rings. The molecule has 1 saturated heterocycles. The van der Waals surface area contributed by atoms with E-state index in [2.05, 4.69) is 13.8 Å². The van der Waals surface area contributed by atoms with Crippen molar-refractivity contribution in [3.63, 3.8) is 0 Å². The Morgan fingerprint density at radius 1 is 1.55 bits per heavy atom. The zero-order valence-electron chi connectivity index (χ0n) is 6.89. The third kappa shape index (κ3) is 1.02. The van der Waals surface area contributed by atoms with Crippen molar-refractivity contribution in [2.24, 2.45) is 0 Å². The molecule has 1 aliphatic carbocycles. The minimum absolute atomic E-state index is 0.0189. The van der Waals surface area contributed by atoms with Gasteiger partial charge < -0.3 is 4.74 Å². The van der Waals surface area contributed by atoms with Gasteiger partial charge in [0, 0.05) is 12.8 Å². The van der Waals surface area contributed by atoms with Gasteiger partial charge in [0.05, 0.1) is 11.2 Å². The minimum Gasteiger partial charge on any atom is -0.364 e. The van der Waals surface area contributed by atoms with E-state index in [0.29, 0.717) is 6.42 Å². The van der Waals surface area contributed by atoms with Crippen molar-refractivity contribution in [2.75, 3.05) is 0 Å². The van der Waals surface area contributed by atoms with Crippen LogP contribution in [0.25, 0.3) is 0 Å². The average Bonchev–Trinajstić information content (AvgIpc) is 2.08. The molecule has 0 radical (unpaired) electrons. The average molecular weight is 152 g/mol.